The fraction of sp³-hybridized carbons (Fsp3) is 0.0408. The summed E-state index contributed by atoms with van der Waals surface area (Å²) in [7, 11) is 0. The van der Waals surface area contributed by atoms with E-state index in [9.17, 15) is 0 Å². The number of fused-ring (bicyclic) bond motifs is 9. The highest BCUT2D eigenvalue weighted by Gasteiger charge is 2.46. The molecule has 0 saturated heterocycles. The van der Waals surface area contributed by atoms with E-state index in [4.69, 9.17) is 4.99 Å². The van der Waals surface area contributed by atoms with Crippen LogP contribution in [-0.2, 0) is 5.41 Å². The monoisotopic (exact) mass is 648 g/mol. The SMILES string of the molecule is C1=C2N=c3cc(C4(c5ccccc5)c5ccccc5-c5ccccc54)ccc3=C2c2c(c3ccccc3n2-c2ccccc2)C1c1ccccc1. The lowest BCUT2D eigenvalue weighted by Crippen LogP contribution is -2.33. The lowest BCUT2D eigenvalue weighted by atomic mass is 9.67. The third-order valence-corrected chi connectivity index (χ3v) is 11.3. The number of aromatic nitrogens is 1. The number of rotatable bonds is 4. The molecular weight excluding hydrogens is 617 g/mol. The van der Waals surface area contributed by atoms with Crippen molar-refractivity contribution in [1.82, 2.24) is 4.57 Å². The molecule has 1 unspecified atom stereocenters. The maximum absolute atomic E-state index is 5.53. The third-order valence-electron chi connectivity index (χ3n) is 11.3. The molecule has 1 aromatic heterocycles. The molecule has 8 aromatic rings. The van der Waals surface area contributed by atoms with Crippen molar-refractivity contribution in [1.29, 1.82) is 0 Å². The summed E-state index contributed by atoms with van der Waals surface area (Å²) in [5.74, 6) is 0.0663. The minimum absolute atomic E-state index is 0.0663. The maximum atomic E-state index is 5.53. The Hall–Kier alpha value is -6.51. The van der Waals surface area contributed by atoms with Gasteiger partial charge in [-0.25, -0.2) is 4.99 Å². The maximum Gasteiger partial charge on any atom is 0.0720 e. The number of benzene rings is 7. The number of para-hydroxylation sites is 2. The predicted molar refractivity (Wildman–Crippen MR) is 207 cm³/mol. The second-order valence-corrected chi connectivity index (χ2v) is 13.8. The molecule has 0 radical (unpaired) electrons. The molecule has 3 aliphatic rings. The zero-order valence-corrected chi connectivity index (χ0v) is 27.9. The van der Waals surface area contributed by atoms with Crippen molar-refractivity contribution in [2.45, 2.75) is 11.3 Å². The van der Waals surface area contributed by atoms with Crippen LogP contribution >= 0.6 is 0 Å². The molecule has 0 N–H and O–H groups in total. The Morgan fingerprint density at radius 1 is 0.529 bits per heavy atom. The number of hydrogen-bond acceptors (Lipinski definition) is 1. The van der Waals surface area contributed by atoms with E-state index < -0.39 is 5.41 Å². The average molecular weight is 649 g/mol. The highest BCUT2D eigenvalue weighted by molar-refractivity contribution is 5.98. The van der Waals surface area contributed by atoms with E-state index >= 15 is 0 Å². The van der Waals surface area contributed by atoms with Gasteiger partial charge in [0.05, 0.1) is 27.7 Å². The Balaban J connectivity index is 1.24. The first-order valence-corrected chi connectivity index (χ1v) is 17.8. The molecule has 2 heterocycles. The summed E-state index contributed by atoms with van der Waals surface area (Å²) in [4.78, 5) is 5.53. The molecule has 1 atom stereocenters. The Kier molecular flexibility index (Phi) is 5.97. The number of allylic oxidation sites excluding steroid dienone is 2. The first-order valence-electron chi connectivity index (χ1n) is 17.8. The van der Waals surface area contributed by atoms with Crippen LogP contribution in [0.1, 0.15) is 45.0 Å². The highest BCUT2D eigenvalue weighted by Crippen LogP contribution is 2.56. The van der Waals surface area contributed by atoms with E-state index in [0.29, 0.717) is 0 Å². The summed E-state index contributed by atoms with van der Waals surface area (Å²) in [6.07, 6.45) is 2.40. The van der Waals surface area contributed by atoms with Crippen LogP contribution in [0.3, 0.4) is 0 Å². The second-order valence-electron chi connectivity index (χ2n) is 13.8. The van der Waals surface area contributed by atoms with E-state index in [0.717, 1.165) is 16.7 Å². The average Bonchev–Trinajstić information content (AvgIpc) is 3.85. The van der Waals surface area contributed by atoms with Crippen LogP contribution < -0.4 is 10.6 Å². The number of hydrogen-bond donors (Lipinski definition) is 0. The summed E-state index contributed by atoms with van der Waals surface area (Å²) in [6.45, 7) is 0. The molecule has 7 aromatic carbocycles. The minimum atomic E-state index is -0.470. The lowest BCUT2D eigenvalue weighted by molar-refractivity contribution is 0.766. The van der Waals surface area contributed by atoms with Gasteiger partial charge in [0.25, 0.3) is 0 Å². The lowest BCUT2D eigenvalue weighted by Gasteiger charge is -2.33. The van der Waals surface area contributed by atoms with E-state index in [2.05, 4.69) is 193 Å². The zero-order valence-electron chi connectivity index (χ0n) is 27.9. The van der Waals surface area contributed by atoms with Gasteiger partial charge in [0.2, 0.25) is 0 Å². The molecule has 1 aliphatic heterocycles. The number of nitrogens with zero attached hydrogens (tertiary/aromatic N) is 2. The highest BCUT2D eigenvalue weighted by atomic mass is 15.0. The second kappa shape index (κ2) is 10.7. The van der Waals surface area contributed by atoms with Gasteiger partial charge in [-0.15, -0.1) is 0 Å². The van der Waals surface area contributed by atoms with Crippen molar-refractivity contribution in [3.05, 3.63) is 243 Å². The van der Waals surface area contributed by atoms with Gasteiger partial charge in [-0.05, 0) is 74.8 Å². The summed E-state index contributed by atoms with van der Waals surface area (Å²) in [6, 6.07) is 66.6. The first kappa shape index (κ1) is 28.3. The molecule has 0 amide bonds. The molecule has 0 bridgehead atoms. The van der Waals surface area contributed by atoms with Gasteiger partial charge in [0.15, 0.2) is 0 Å². The van der Waals surface area contributed by atoms with Gasteiger partial charge in [0, 0.05) is 27.8 Å². The predicted octanol–water partition coefficient (Wildman–Crippen LogP) is 9.86. The van der Waals surface area contributed by atoms with E-state index in [1.807, 2.05) is 0 Å². The summed E-state index contributed by atoms with van der Waals surface area (Å²) in [5.41, 5.74) is 15.7. The smallest absolute Gasteiger partial charge is 0.0720 e. The van der Waals surface area contributed by atoms with Crippen LogP contribution in [0.2, 0.25) is 0 Å². The van der Waals surface area contributed by atoms with Gasteiger partial charge in [-0.2, -0.15) is 0 Å². The van der Waals surface area contributed by atoms with Gasteiger partial charge >= 0.3 is 0 Å². The molecular formula is C49H32N2. The molecule has 0 spiro atoms. The molecule has 238 valence electrons. The molecule has 51 heavy (non-hydrogen) atoms. The van der Waals surface area contributed by atoms with Crippen molar-refractivity contribution < 1.29 is 0 Å². The third kappa shape index (κ3) is 3.85. The normalized spacial score (nSPS) is 16.0. The van der Waals surface area contributed by atoms with Gasteiger partial charge in [-0.1, -0.05) is 158 Å². The van der Waals surface area contributed by atoms with Crippen molar-refractivity contribution in [2.75, 3.05) is 0 Å². The van der Waals surface area contributed by atoms with Gasteiger partial charge < -0.3 is 4.57 Å². The van der Waals surface area contributed by atoms with Crippen molar-refractivity contribution in [3.63, 3.8) is 0 Å². The van der Waals surface area contributed by atoms with Gasteiger partial charge in [-0.3, -0.25) is 0 Å². The van der Waals surface area contributed by atoms with Crippen LogP contribution in [-0.4, -0.2) is 4.57 Å². The van der Waals surface area contributed by atoms with E-state index in [1.54, 1.807) is 0 Å². The molecule has 2 aliphatic carbocycles. The molecule has 2 heteroatoms. The first-order chi connectivity index (χ1) is 25.3. The molecule has 2 nitrogen and oxygen atoms in total. The topological polar surface area (TPSA) is 17.3 Å². The summed E-state index contributed by atoms with van der Waals surface area (Å²) in [5, 5.41) is 3.48. The summed E-state index contributed by atoms with van der Waals surface area (Å²) >= 11 is 0. The van der Waals surface area contributed by atoms with Crippen molar-refractivity contribution in [2.24, 2.45) is 4.99 Å². The minimum Gasteiger partial charge on any atom is -0.309 e. The van der Waals surface area contributed by atoms with E-state index in [-0.39, 0.29) is 5.92 Å². The van der Waals surface area contributed by atoms with Crippen LogP contribution in [0.25, 0.3) is 33.3 Å². The van der Waals surface area contributed by atoms with Crippen LogP contribution in [0.5, 0.6) is 0 Å². The fourth-order valence-electron chi connectivity index (χ4n) is 9.31. The molecule has 0 saturated carbocycles. The standard InChI is InChI=1S/C49H32N2/c1-4-16-32(17-5-1)40-31-44-47(48-46(40)39-24-12-15-27-45(39)51(48)35-20-8-3-9-21-35)38-29-28-34(30-43(38)50-44)49(33-18-6-2-7-19-33)41-25-13-10-22-36(41)37-23-11-14-26-42(37)49/h1-31,40H. The Labute approximate surface area is 296 Å². The zero-order chi connectivity index (χ0) is 33.5. The Bertz CT molecular complexity index is 2800. The van der Waals surface area contributed by atoms with Crippen molar-refractivity contribution >= 4 is 16.5 Å². The molecule has 0 fully saturated rings. The molecule has 11 rings (SSSR count). The van der Waals surface area contributed by atoms with Crippen molar-refractivity contribution in [3.8, 4) is 16.8 Å². The van der Waals surface area contributed by atoms with Gasteiger partial charge in [0.1, 0.15) is 0 Å². The van der Waals surface area contributed by atoms with E-state index in [1.165, 1.54) is 71.9 Å². The van der Waals surface area contributed by atoms with Crippen LogP contribution in [0.15, 0.2) is 199 Å². The van der Waals surface area contributed by atoms with Crippen LogP contribution in [0, 0.1) is 0 Å². The quantitative estimate of drug-likeness (QED) is 0.181. The summed E-state index contributed by atoms with van der Waals surface area (Å²) < 4.78 is 2.47. The Morgan fingerprint density at radius 3 is 1.86 bits per heavy atom. The largest absolute Gasteiger partial charge is 0.309 e. The Morgan fingerprint density at radius 2 is 1.14 bits per heavy atom. The van der Waals surface area contributed by atoms with Crippen LogP contribution in [0.4, 0.5) is 0 Å². The fourth-order valence-corrected chi connectivity index (χ4v) is 9.31.